The number of carbonyl (C=O) groups is 1. The van der Waals surface area contributed by atoms with Gasteiger partial charge in [0.2, 0.25) is 5.75 Å². The Morgan fingerprint density at radius 3 is 2.12 bits per heavy atom. The summed E-state index contributed by atoms with van der Waals surface area (Å²) in [5.41, 5.74) is 1.28. The summed E-state index contributed by atoms with van der Waals surface area (Å²) in [4.78, 5) is 12.4. The van der Waals surface area contributed by atoms with Crippen molar-refractivity contribution in [3.05, 3.63) is 54.2 Å². The lowest BCUT2D eigenvalue weighted by Gasteiger charge is -2.13. The van der Waals surface area contributed by atoms with Gasteiger partial charge < -0.3 is 24.3 Å². The molecule has 2 rings (SSSR count). The Labute approximate surface area is 153 Å². The Morgan fingerprint density at radius 2 is 1.62 bits per heavy atom. The van der Waals surface area contributed by atoms with Crippen LogP contribution in [0.15, 0.2) is 48.7 Å². The van der Waals surface area contributed by atoms with Crippen LogP contribution >= 0.6 is 0 Å². The summed E-state index contributed by atoms with van der Waals surface area (Å²) in [6.45, 7) is 2.56. The summed E-state index contributed by atoms with van der Waals surface area (Å²) >= 11 is 0. The molecular weight excluding hydrogens is 334 g/mol. The van der Waals surface area contributed by atoms with Crippen LogP contribution in [0.1, 0.15) is 17.3 Å². The van der Waals surface area contributed by atoms with Gasteiger partial charge in [-0.1, -0.05) is 0 Å². The van der Waals surface area contributed by atoms with Crippen molar-refractivity contribution in [3.63, 3.8) is 0 Å². The van der Waals surface area contributed by atoms with E-state index in [0.29, 0.717) is 29.4 Å². The molecule has 2 aromatic rings. The van der Waals surface area contributed by atoms with Crippen molar-refractivity contribution < 1.29 is 23.7 Å². The summed E-state index contributed by atoms with van der Waals surface area (Å²) in [5.74, 6) is 1.92. The van der Waals surface area contributed by atoms with Gasteiger partial charge in [-0.2, -0.15) is 0 Å². The van der Waals surface area contributed by atoms with Crippen molar-refractivity contribution in [1.29, 1.82) is 0 Å². The van der Waals surface area contributed by atoms with Crippen molar-refractivity contribution in [2.24, 2.45) is 0 Å². The van der Waals surface area contributed by atoms with Crippen LogP contribution in [0.3, 0.4) is 0 Å². The maximum atomic E-state index is 12.4. The summed E-state index contributed by atoms with van der Waals surface area (Å²) in [5, 5.41) is 3.05. The van der Waals surface area contributed by atoms with E-state index in [2.05, 4.69) is 5.32 Å². The van der Waals surface area contributed by atoms with Gasteiger partial charge in [0.15, 0.2) is 17.3 Å². The summed E-state index contributed by atoms with van der Waals surface area (Å²) < 4.78 is 21.2. The van der Waals surface area contributed by atoms with Crippen molar-refractivity contribution in [2.45, 2.75) is 6.92 Å². The molecule has 0 radical (unpaired) electrons. The van der Waals surface area contributed by atoms with E-state index in [9.17, 15) is 4.79 Å². The van der Waals surface area contributed by atoms with E-state index in [4.69, 9.17) is 18.9 Å². The first-order valence-corrected chi connectivity index (χ1v) is 8.13. The number of ether oxygens (including phenoxy) is 4. The predicted octanol–water partition coefficient (Wildman–Crippen LogP) is 3.92. The fraction of sp³-hybridized carbons (Fsp3) is 0.250. The molecule has 6 nitrogen and oxygen atoms in total. The quantitative estimate of drug-likeness (QED) is 0.542. The zero-order valence-corrected chi connectivity index (χ0v) is 15.4. The second kappa shape index (κ2) is 9.36. The number of carbonyl (C=O) groups excluding carboxylic acids is 1. The number of benzene rings is 2. The number of hydrogen-bond acceptors (Lipinski definition) is 6. The number of anilines is 1. The third-order valence-corrected chi connectivity index (χ3v) is 3.60. The molecule has 0 saturated carbocycles. The highest BCUT2D eigenvalue weighted by Gasteiger charge is 2.15. The Balaban J connectivity index is 2.10. The van der Waals surface area contributed by atoms with Gasteiger partial charge in [0, 0.05) is 23.5 Å². The maximum absolute atomic E-state index is 12.4. The summed E-state index contributed by atoms with van der Waals surface area (Å²) in [6.07, 6.45) is 3.03. The van der Waals surface area contributed by atoms with Crippen LogP contribution in [0, 0.1) is 0 Å². The van der Waals surface area contributed by atoms with Gasteiger partial charge in [0.05, 0.1) is 27.9 Å². The number of methoxy groups -OCH3 is 3. The topological polar surface area (TPSA) is 66.0 Å². The zero-order chi connectivity index (χ0) is 18.9. The van der Waals surface area contributed by atoms with Crippen LogP contribution in [0.25, 0.3) is 0 Å². The molecule has 26 heavy (non-hydrogen) atoms. The minimum absolute atomic E-state index is 0.192. The zero-order valence-electron chi connectivity index (χ0n) is 15.4. The Bertz CT molecular complexity index is 743. The molecule has 0 aliphatic heterocycles. The maximum Gasteiger partial charge on any atom is 0.203 e. The van der Waals surface area contributed by atoms with E-state index in [-0.39, 0.29) is 5.78 Å². The number of hydrogen-bond donors (Lipinski definition) is 1. The van der Waals surface area contributed by atoms with Crippen LogP contribution < -0.4 is 24.3 Å². The van der Waals surface area contributed by atoms with Crippen LogP contribution in [0.5, 0.6) is 23.0 Å². The molecule has 2 aromatic carbocycles. The van der Waals surface area contributed by atoms with Crippen molar-refractivity contribution >= 4 is 11.5 Å². The van der Waals surface area contributed by atoms with E-state index in [1.165, 1.54) is 27.4 Å². The van der Waals surface area contributed by atoms with Crippen LogP contribution in [-0.4, -0.2) is 33.7 Å². The molecule has 0 bridgehead atoms. The highest BCUT2D eigenvalue weighted by atomic mass is 16.5. The average Bonchev–Trinajstić information content (AvgIpc) is 2.68. The molecule has 6 heteroatoms. The third-order valence-electron chi connectivity index (χ3n) is 3.60. The highest BCUT2D eigenvalue weighted by Crippen LogP contribution is 2.38. The van der Waals surface area contributed by atoms with Gasteiger partial charge >= 0.3 is 0 Å². The number of rotatable bonds is 9. The molecule has 0 aliphatic carbocycles. The fourth-order valence-electron chi connectivity index (χ4n) is 2.35. The van der Waals surface area contributed by atoms with Crippen LogP contribution in [-0.2, 0) is 0 Å². The first-order valence-electron chi connectivity index (χ1n) is 8.13. The lowest BCUT2D eigenvalue weighted by atomic mass is 10.1. The Morgan fingerprint density at radius 1 is 1.00 bits per heavy atom. The fourth-order valence-corrected chi connectivity index (χ4v) is 2.35. The van der Waals surface area contributed by atoms with Gasteiger partial charge in [-0.15, -0.1) is 0 Å². The molecule has 0 amide bonds. The molecule has 0 aliphatic rings. The molecular formula is C20H23NO5. The summed E-state index contributed by atoms with van der Waals surface area (Å²) in [7, 11) is 4.53. The Hall–Kier alpha value is -3.15. The number of nitrogens with one attached hydrogen (secondary N) is 1. The smallest absolute Gasteiger partial charge is 0.203 e. The predicted molar refractivity (Wildman–Crippen MR) is 101 cm³/mol. The molecule has 0 fully saturated rings. The lowest BCUT2D eigenvalue weighted by molar-refractivity contribution is 0.104. The van der Waals surface area contributed by atoms with E-state index in [0.717, 1.165) is 11.4 Å². The first-order chi connectivity index (χ1) is 12.6. The van der Waals surface area contributed by atoms with Gasteiger partial charge in [0.1, 0.15) is 5.75 Å². The molecule has 0 saturated heterocycles. The molecule has 0 aromatic heterocycles. The number of ketones is 1. The Kier molecular flexibility index (Phi) is 6.91. The van der Waals surface area contributed by atoms with Gasteiger partial charge in [-0.05, 0) is 43.3 Å². The van der Waals surface area contributed by atoms with Gasteiger partial charge in [-0.3, -0.25) is 4.79 Å². The SMILES string of the molecule is CCOc1ccc(N/C=C/C(=O)c2cc(OC)c(OC)c(OC)c2)cc1. The standard InChI is InChI=1S/C20H23NO5/c1-5-26-16-8-6-15(7-9-16)21-11-10-17(22)14-12-18(23-2)20(25-4)19(13-14)24-3/h6-13,21H,5H2,1-4H3/b11-10+. The molecule has 138 valence electrons. The van der Waals surface area contributed by atoms with E-state index >= 15 is 0 Å². The van der Waals surface area contributed by atoms with Crippen LogP contribution in [0.4, 0.5) is 5.69 Å². The molecule has 0 atom stereocenters. The van der Waals surface area contributed by atoms with Crippen molar-refractivity contribution in [2.75, 3.05) is 33.3 Å². The second-order valence-electron chi connectivity index (χ2n) is 5.21. The molecule has 0 unspecified atom stereocenters. The largest absolute Gasteiger partial charge is 0.494 e. The number of allylic oxidation sites excluding steroid dienone is 1. The highest BCUT2D eigenvalue weighted by molar-refractivity contribution is 6.05. The van der Waals surface area contributed by atoms with E-state index in [1.54, 1.807) is 18.3 Å². The second-order valence-corrected chi connectivity index (χ2v) is 5.21. The van der Waals surface area contributed by atoms with Crippen LogP contribution in [0.2, 0.25) is 0 Å². The molecule has 1 N–H and O–H groups in total. The van der Waals surface area contributed by atoms with E-state index < -0.39 is 0 Å². The molecule has 0 spiro atoms. The molecule has 0 heterocycles. The normalized spacial score (nSPS) is 10.5. The lowest BCUT2D eigenvalue weighted by Crippen LogP contribution is -2.01. The van der Waals surface area contributed by atoms with Gasteiger partial charge in [-0.25, -0.2) is 0 Å². The third kappa shape index (κ3) is 4.69. The summed E-state index contributed by atoms with van der Waals surface area (Å²) in [6, 6.07) is 10.7. The average molecular weight is 357 g/mol. The van der Waals surface area contributed by atoms with Crippen molar-refractivity contribution in [3.8, 4) is 23.0 Å². The monoisotopic (exact) mass is 357 g/mol. The minimum Gasteiger partial charge on any atom is -0.494 e. The minimum atomic E-state index is -0.192. The van der Waals surface area contributed by atoms with Crippen molar-refractivity contribution in [1.82, 2.24) is 0 Å². The van der Waals surface area contributed by atoms with E-state index in [1.807, 2.05) is 31.2 Å². The first kappa shape index (κ1) is 19.2. The van der Waals surface area contributed by atoms with Gasteiger partial charge in [0.25, 0.3) is 0 Å².